The van der Waals surface area contributed by atoms with Crippen molar-refractivity contribution in [2.24, 2.45) is 11.3 Å². The summed E-state index contributed by atoms with van der Waals surface area (Å²) in [4.78, 5) is 19.6. The van der Waals surface area contributed by atoms with E-state index in [9.17, 15) is 4.79 Å². The molecule has 1 atom stereocenters. The topological polar surface area (TPSA) is 83.3 Å². The number of nitrogens with one attached hydrogen (secondary N) is 2. The fraction of sp³-hybridized carbons (Fsp3) is 0.833. The van der Waals surface area contributed by atoms with E-state index in [1.54, 1.807) is 0 Å². The number of rotatable bonds is 5. The molecule has 0 radical (unpaired) electrons. The van der Waals surface area contributed by atoms with E-state index in [1.807, 2.05) is 19.0 Å². The number of piperidine rings is 1. The molecule has 3 fully saturated rings. The van der Waals surface area contributed by atoms with Gasteiger partial charge in [0, 0.05) is 5.92 Å². The maximum Gasteiger partial charge on any atom is 0.240 e. The fourth-order valence-corrected chi connectivity index (χ4v) is 4.69. The van der Waals surface area contributed by atoms with Crippen LogP contribution in [0.2, 0.25) is 0 Å². The second kappa shape index (κ2) is 6.36. The van der Waals surface area contributed by atoms with Gasteiger partial charge in [-0.05, 0) is 64.7 Å². The zero-order chi connectivity index (χ0) is 17.5. The quantitative estimate of drug-likeness (QED) is 0.838. The molecule has 25 heavy (non-hydrogen) atoms. The molecular weight excluding hydrogens is 318 g/mol. The lowest BCUT2D eigenvalue weighted by Crippen LogP contribution is -2.46. The minimum absolute atomic E-state index is 0.167. The molecule has 1 spiro atoms. The Labute approximate surface area is 148 Å². The molecular formula is C18H29N5O2. The minimum atomic E-state index is -0.429. The summed E-state index contributed by atoms with van der Waals surface area (Å²) in [6.45, 7) is 2.69. The van der Waals surface area contributed by atoms with Crippen LogP contribution in [0.3, 0.4) is 0 Å². The second-order valence-corrected chi connectivity index (χ2v) is 8.40. The summed E-state index contributed by atoms with van der Waals surface area (Å²) in [6.07, 6.45) is 7.27. The first-order chi connectivity index (χ1) is 12.0. The summed E-state index contributed by atoms with van der Waals surface area (Å²) in [6, 6.07) is 0. The van der Waals surface area contributed by atoms with Gasteiger partial charge in [-0.1, -0.05) is 18.0 Å². The normalized spacial score (nSPS) is 26.9. The van der Waals surface area contributed by atoms with Gasteiger partial charge < -0.3 is 20.1 Å². The van der Waals surface area contributed by atoms with Crippen molar-refractivity contribution in [1.82, 2.24) is 25.7 Å². The Morgan fingerprint density at radius 1 is 1.28 bits per heavy atom. The summed E-state index contributed by atoms with van der Waals surface area (Å²) >= 11 is 0. The molecule has 4 rings (SSSR count). The molecule has 1 aromatic rings. The van der Waals surface area contributed by atoms with Gasteiger partial charge in [0.1, 0.15) is 5.54 Å². The number of aromatic nitrogens is 2. The maximum atomic E-state index is 13.0. The van der Waals surface area contributed by atoms with E-state index in [2.05, 4.69) is 20.8 Å². The van der Waals surface area contributed by atoms with E-state index >= 15 is 0 Å². The molecule has 1 unspecified atom stereocenters. The Morgan fingerprint density at radius 2 is 2.00 bits per heavy atom. The first-order valence-electron chi connectivity index (χ1n) is 9.54. The highest BCUT2D eigenvalue weighted by Crippen LogP contribution is 2.59. The Kier molecular flexibility index (Phi) is 4.32. The largest absolute Gasteiger partial charge is 0.343 e. The van der Waals surface area contributed by atoms with Crippen molar-refractivity contribution >= 4 is 5.91 Å². The van der Waals surface area contributed by atoms with E-state index < -0.39 is 5.54 Å². The lowest BCUT2D eigenvalue weighted by atomic mass is 9.90. The van der Waals surface area contributed by atoms with E-state index in [-0.39, 0.29) is 17.2 Å². The number of hydrogen-bond acceptors (Lipinski definition) is 6. The van der Waals surface area contributed by atoms with E-state index in [1.165, 1.54) is 0 Å². The summed E-state index contributed by atoms with van der Waals surface area (Å²) < 4.78 is 5.42. The Bertz CT molecular complexity index is 629. The summed E-state index contributed by atoms with van der Waals surface area (Å²) in [5, 5.41) is 11.0. The third-order valence-electron chi connectivity index (χ3n) is 6.27. The lowest BCUT2D eigenvalue weighted by Gasteiger charge is -2.28. The van der Waals surface area contributed by atoms with Crippen LogP contribution < -0.4 is 10.6 Å². The minimum Gasteiger partial charge on any atom is -0.343 e. The molecule has 1 saturated heterocycles. The first kappa shape index (κ1) is 17.0. The monoisotopic (exact) mass is 347 g/mol. The van der Waals surface area contributed by atoms with Gasteiger partial charge in [0.15, 0.2) is 5.82 Å². The van der Waals surface area contributed by atoms with Crippen LogP contribution in [0.25, 0.3) is 0 Å². The van der Waals surface area contributed by atoms with E-state index in [0.717, 1.165) is 58.0 Å². The SMILES string of the molecule is CN(C)Cc1nc(C2(NC(=O)C3CC34CCNCC4)CCCC2)no1. The van der Waals surface area contributed by atoms with Crippen LogP contribution >= 0.6 is 0 Å². The summed E-state index contributed by atoms with van der Waals surface area (Å²) in [5.41, 5.74) is -0.176. The van der Waals surface area contributed by atoms with Crippen LogP contribution in [-0.2, 0) is 16.9 Å². The van der Waals surface area contributed by atoms with Crippen LogP contribution in [0.15, 0.2) is 4.52 Å². The molecule has 0 bridgehead atoms. The Balaban J connectivity index is 1.47. The van der Waals surface area contributed by atoms with Gasteiger partial charge in [-0.15, -0.1) is 0 Å². The van der Waals surface area contributed by atoms with E-state index in [0.29, 0.717) is 18.3 Å². The number of hydrogen-bond donors (Lipinski definition) is 2. The third kappa shape index (κ3) is 3.19. The highest BCUT2D eigenvalue weighted by molar-refractivity contribution is 5.83. The van der Waals surface area contributed by atoms with Gasteiger partial charge in [0.25, 0.3) is 0 Å². The van der Waals surface area contributed by atoms with Crippen LogP contribution in [0.1, 0.15) is 56.7 Å². The predicted octanol–water partition coefficient (Wildman–Crippen LogP) is 1.41. The Morgan fingerprint density at radius 3 is 2.68 bits per heavy atom. The molecule has 2 heterocycles. The molecule has 1 aromatic heterocycles. The molecule has 0 aromatic carbocycles. The average Bonchev–Trinajstić information content (AvgIpc) is 2.94. The van der Waals surface area contributed by atoms with Gasteiger partial charge >= 0.3 is 0 Å². The fourth-order valence-electron chi connectivity index (χ4n) is 4.69. The second-order valence-electron chi connectivity index (χ2n) is 8.40. The lowest BCUT2D eigenvalue weighted by molar-refractivity contribution is -0.125. The Hall–Kier alpha value is -1.47. The van der Waals surface area contributed by atoms with Crippen molar-refractivity contribution in [3.05, 3.63) is 11.7 Å². The molecule has 2 N–H and O–H groups in total. The van der Waals surface area contributed by atoms with Gasteiger partial charge in [0.05, 0.1) is 6.54 Å². The summed E-state index contributed by atoms with van der Waals surface area (Å²) in [5.74, 6) is 1.64. The van der Waals surface area contributed by atoms with Crippen molar-refractivity contribution in [1.29, 1.82) is 0 Å². The van der Waals surface area contributed by atoms with Gasteiger partial charge in [-0.25, -0.2) is 0 Å². The van der Waals surface area contributed by atoms with Gasteiger partial charge in [-0.2, -0.15) is 4.98 Å². The number of amides is 1. The molecule has 1 aliphatic heterocycles. The number of carbonyl (C=O) groups excluding carboxylic acids is 1. The van der Waals surface area contributed by atoms with E-state index in [4.69, 9.17) is 4.52 Å². The van der Waals surface area contributed by atoms with Crippen LogP contribution in [0, 0.1) is 11.3 Å². The molecule has 7 heteroatoms. The zero-order valence-electron chi connectivity index (χ0n) is 15.3. The smallest absolute Gasteiger partial charge is 0.240 e. The highest BCUT2D eigenvalue weighted by atomic mass is 16.5. The first-order valence-corrected chi connectivity index (χ1v) is 9.54. The van der Waals surface area contributed by atoms with Crippen LogP contribution in [0.5, 0.6) is 0 Å². The summed E-state index contributed by atoms with van der Waals surface area (Å²) in [7, 11) is 3.95. The van der Waals surface area contributed by atoms with Crippen molar-refractivity contribution in [2.75, 3.05) is 27.2 Å². The third-order valence-corrected chi connectivity index (χ3v) is 6.27. The average molecular weight is 347 g/mol. The standard InChI is InChI=1S/C18H29N5O2/c1-23(2)12-14-20-16(22-25-14)18(5-3-4-6-18)21-15(24)13-11-17(13)7-9-19-10-8-17/h13,19H,3-12H2,1-2H3,(H,21,24). The number of nitrogens with zero attached hydrogens (tertiary/aromatic N) is 3. The number of carbonyl (C=O) groups is 1. The van der Waals surface area contributed by atoms with Crippen LogP contribution in [0.4, 0.5) is 0 Å². The highest BCUT2D eigenvalue weighted by Gasteiger charge is 2.59. The predicted molar refractivity (Wildman–Crippen MR) is 92.6 cm³/mol. The molecule has 3 aliphatic rings. The molecule has 7 nitrogen and oxygen atoms in total. The van der Waals surface area contributed by atoms with Crippen molar-refractivity contribution in [3.8, 4) is 0 Å². The molecule has 138 valence electrons. The molecule has 1 amide bonds. The van der Waals surface area contributed by atoms with Crippen molar-refractivity contribution in [3.63, 3.8) is 0 Å². The van der Waals surface area contributed by atoms with Crippen molar-refractivity contribution in [2.45, 2.75) is 57.0 Å². The van der Waals surface area contributed by atoms with Gasteiger partial charge in [-0.3, -0.25) is 4.79 Å². The van der Waals surface area contributed by atoms with Gasteiger partial charge in [0.2, 0.25) is 11.8 Å². The van der Waals surface area contributed by atoms with Crippen molar-refractivity contribution < 1.29 is 9.32 Å². The molecule has 2 aliphatic carbocycles. The maximum absolute atomic E-state index is 13.0. The molecule has 2 saturated carbocycles. The van der Waals surface area contributed by atoms with Crippen LogP contribution in [-0.4, -0.2) is 48.1 Å². The zero-order valence-corrected chi connectivity index (χ0v) is 15.3.